The van der Waals surface area contributed by atoms with Crippen molar-refractivity contribution in [3.63, 3.8) is 0 Å². The molecule has 0 radical (unpaired) electrons. The fourth-order valence-electron chi connectivity index (χ4n) is 2.55. The molecule has 0 unspecified atom stereocenters. The number of nitrogens with zero attached hydrogens (tertiary/aromatic N) is 3. The summed E-state index contributed by atoms with van der Waals surface area (Å²) >= 11 is 7.53. The van der Waals surface area contributed by atoms with Crippen LogP contribution in [0.2, 0.25) is 5.02 Å². The number of hydrogen-bond donors (Lipinski definition) is 0. The smallest absolute Gasteiger partial charge is 0.264 e. The Hall–Kier alpha value is -2.38. The summed E-state index contributed by atoms with van der Waals surface area (Å²) in [6, 6.07) is 10.9. The molecule has 1 amide bonds. The zero-order valence-electron chi connectivity index (χ0n) is 15.1. The van der Waals surface area contributed by atoms with Crippen molar-refractivity contribution in [2.24, 2.45) is 0 Å². The molecule has 0 bridgehead atoms. The van der Waals surface area contributed by atoms with E-state index < -0.39 is 6.10 Å². The first-order chi connectivity index (χ1) is 13.1. The van der Waals surface area contributed by atoms with E-state index in [1.807, 2.05) is 31.4 Å². The van der Waals surface area contributed by atoms with Gasteiger partial charge >= 0.3 is 0 Å². The summed E-state index contributed by atoms with van der Waals surface area (Å²) < 4.78 is 11.2. The predicted molar refractivity (Wildman–Crippen MR) is 105 cm³/mol. The highest BCUT2D eigenvalue weighted by Crippen LogP contribution is 2.22. The van der Waals surface area contributed by atoms with E-state index in [0.29, 0.717) is 35.5 Å². The third-order valence-corrected chi connectivity index (χ3v) is 5.05. The zero-order valence-corrected chi connectivity index (χ0v) is 16.7. The minimum atomic E-state index is -0.608. The fourth-order valence-corrected chi connectivity index (χ4v) is 3.38. The Morgan fingerprint density at radius 2 is 2.19 bits per heavy atom. The maximum Gasteiger partial charge on any atom is 0.264 e. The van der Waals surface area contributed by atoms with E-state index in [1.54, 1.807) is 29.2 Å². The van der Waals surface area contributed by atoms with Crippen molar-refractivity contribution in [2.75, 3.05) is 6.54 Å². The first-order valence-corrected chi connectivity index (χ1v) is 9.94. The third kappa shape index (κ3) is 4.87. The van der Waals surface area contributed by atoms with E-state index >= 15 is 0 Å². The number of carbonyl (C=O) groups is 1. The molecule has 0 saturated heterocycles. The minimum absolute atomic E-state index is 0.129. The second kappa shape index (κ2) is 9.01. The van der Waals surface area contributed by atoms with Crippen LogP contribution in [0, 0.1) is 0 Å². The maximum absolute atomic E-state index is 12.9. The molecule has 1 atom stereocenters. The molecule has 1 aromatic carbocycles. The Labute approximate surface area is 166 Å². The maximum atomic E-state index is 12.9. The van der Waals surface area contributed by atoms with Crippen LogP contribution in [0.25, 0.3) is 10.7 Å². The summed E-state index contributed by atoms with van der Waals surface area (Å²) in [5, 5.41) is 6.50. The van der Waals surface area contributed by atoms with Gasteiger partial charge in [-0.25, -0.2) is 0 Å². The van der Waals surface area contributed by atoms with E-state index in [9.17, 15) is 4.79 Å². The summed E-state index contributed by atoms with van der Waals surface area (Å²) in [6.45, 7) is 4.55. The Morgan fingerprint density at radius 1 is 1.33 bits per heavy atom. The van der Waals surface area contributed by atoms with Crippen LogP contribution in [-0.4, -0.2) is 33.6 Å². The van der Waals surface area contributed by atoms with Crippen LogP contribution in [-0.2, 0) is 11.3 Å². The molecule has 0 aliphatic heterocycles. The minimum Gasteiger partial charge on any atom is -0.481 e. The van der Waals surface area contributed by atoms with Gasteiger partial charge in [-0.2, -0.15) is 4.98 Å². The molecule has 8 heteroatoms. The van der Waals surface area contributed by atoms with Gasteiger partial charge in [0.1, 0.15) is 12.3 Å². The molecule has 0 saturated carbocycles. The molecule has 3 rings (SSSR count). The van der Waals surface area contributed by atoms with Crippen LogP contribution in [0.4, 0.5) is 0 Å². The monoisotopic (exact) mass is 405 g/mol. The van der Waals surface area contributed by atoms with E-state index in [-0.39, 0.29) is 12.5 Å². The van der Waals surface area contributed by atoms with Gasteiger partial charge in [0.15, 0.2) is 6.10 Å². The number of thiophene rings is 1. The molecule has 0 spiro atoms. The Kier molecular flexibility index (Phi) is 6.47. The lowest BCUT2D eigenvalue weighted by Crippen LogP contribution is -2.41. The summed E-state index contributed by atoms with van der Waals surface area (Å²) in [5.41, 5.74) is 0. The second-order valence-corrected chi connectivity index (χ2v) is 7.20. The van der Waals surface area contributed by atoms with Crippen molar-refractivity contribution in [3.05, 3.63) is 52.7 Å². The molecule has 0 aliphatic rings. The number of aromatic nitrogens is 2. The predicted octanol–water partition coefficient (Wildman–Crippen LogP) is 4.66. The molecule has 0 aliphatic carbocycles. The van der Waals surface area contributed by atoms with E-state index in [0.717, 1.165) is 4.88 Å². The number of benzene rings is 1. The first-order valence-electron chi connectivity index (χ1n) is 8.68. The second-order valence-electron chi connectivity index (χ2n) is 5.81. The Bertz CT molecular complexity index is 882. The lowest BCUT2D eigenvalue weighted by Gasteiger charge is -2.25. The molecule has 0 fully saturated rings. The highest BCUT2D eigenvalue weighted by Gasteiger charge is 2.25. The molecule has 2 aromatic heterocycles. The van der Waals surface area contributed by atoms with Gasteiger partial charge in [-0.1, -0.05) is 35.8 Å². The van der Waals surface area contributed by atoms with E-state index in [1.165, 1.54) is 11.3 Å². The molecule has 27 heavy (non-hydrogen) atoms. The van der Waals surface area contributed by atoms with Crippen molar-refractivity contribution in [2.45, 2.75) is 32.9 Å². The van der Waals surface area contributed by atoms with Gasteiger partial charge in [-0.3, -0.25) is 4.79 Å². The Morgan fingerprint density at radius 3 is 2.85 bits per heavy atom. The van der Waals surface area contributed by atoms with Gasteiger partial charge in [0.05, 0.1) is 4.88 Å². The number of hydrogen-bond acceptors (Lipinski definition) is 6. The number of rotatable bonds is 8. The van der Waals surface area contributed by atoms with E-state index in [4.69, 9.17) is 20.9 Å². The van der Waals surface area contributed by atoms with Crippen molar-refractivity contribution in [1.82, 2.24) is 15.0 Å². The number of carbonyl (C=O) groups excluding carboxylic acids is 1. The largest absolute Gasteiger partial charge is 0.481 e. The fraction of sp³-hybridized carbons (Fsp3) is 0.316. The third-order valence-electron chi connectivity index (χ3n) is 3.95. The van der Waals surface area contributed by atoms with Crippen molar-refractivity contribution >= 4 is 28.8 Å². The van der Waals surface area contributed by atoms with Gasteiger partial charge < -0.3 is 14.2 Å². The van der Waals surface area contributed by atoms with E-state index in [2.05, 4.69) is 10.1 Å². The summed E-state index contributed by atoms with van der Waals surface area (Å²) in [5.74, 6) is 1.37. The average Bonchev–Trinajstić information content (AvgIpc) is 3.35. The quantitative estimate of drug-likeness (QED) is 0.545. The Balaban J connectivity index is 1.69. The number of halogens is 1. The highest BCUT2D eigenvalue weighted by atomic mass is 35.5. The number of likely N-dealkylation sites (N-methyl/N-ethyl adjacent to an activating group) is 1. The van der Waals surface area contributed by atoms with Gasteiger partial charge in [-0.15, -0.1) is 11.3 Å². The lowest BCUT2D eigenvalue weighted by molar-refractivity contribution is -0.139. The van der Waals surface area contributed by atoms with Gasteiger partial charge in [0.25, 0.3) is 5.91 Å². The number of ether oxygens (including phenoxy) is 1. The lowest BCUT2D eigenvalue weighted by atomic mass is 10.2. The van der Waals surface area contributed by atoms with Crippen LogP contribution in [0.15, 0.2) is 46.3 Å². The van der Waals surface area contributed by atoms with Crippen LogP contribution >= 0.6 is 22.9 Å². The standard InChI is InChI=1S/C19H20ClN3O3S/c1-3-15(25-14-8-5-7-13(20)11-14)19(24)23(4-2)12-17-21-18(22-26-17)16-9-6-10-27-16/h5-11,15H,3-4,12H2,1-2H3/t15-/m1/s1. The van der Waals surface area contributed by atoms with Crippen LogP contribution in [0.1, 0.15) is 26.2 Å². The van der Waals surface area contributed by atoms with Crippen molar-refractivity contribution < 1.29 is 14.1 Å². The van der Waals surface area contributed by atoms with Gasteiger partial charge in [-0.05, 0) is 43.0 Å². The first kappa shape index (κ1) is 19.4. The molecular formula is C19H20ClN3O3S. The molecule has 142 valence electrons. The van der Waals surface area contributed by atoms with Crippen LogP contribution < -0.4 is 4.74 Å². The van der Waals surface area contributed by atoms with Crippen molar-refractivity contribution in [1.29, 1.82) is 0 Å². The molecule has 3 aromatic rings. The topological polar surface area (TPSA) is 68.5 Å². The molecular weight excluding hydrogens is 386 g/mol. The molecule has 6 nitrogen and oxygen atoms in total. The average molecular weight is 406 g/mol. The summed E-state index contributed by atoms with van der Waals surface area (Å²) in [6.07, 6.45) is -0.0744. The zero-order chi connectivity index (χ0) is 19.2. The molecule has 2 heterocycles. The van der Waals surface area contributed by atoms with Crippen LogP contribution in [0.3, 0.4) is 0 Å². The normalized spacial score (nSPS) is 12.0. The SMILES string of the molecule is CC[C@@H](Oc1cccc(Cl)c1)C(=O)N(CC)Cc1nc(-c2cccs2)no1. The van der Waals surface area contributed by atoms with Crippen molar-refractivity contribution in [3.8, 4) is 16.5 Å². The molecule has 0 N–H and O–H groups in total. The number of amides is 1. The summed E-state index contributed by atoms with van der Waals surface area (Å²) in [4.78, 5) is 19.9. The van der Waals surface area contributed by atoms with Gasteiger partial charge in [0, 0.05) is 11.6 Å². The highest BCUT2D eigenvalue weighted by molar-refractivity contribution is 7.13. The van der Waals surface area contributed by atoms with Crippen LogP contribution in [0.5, 0.6) is 5.75 Å². The van der Waals surface area contributed by atoms with Gasteiger partial charge in [0.2, 0.25) is 11.7 Å². The summed E-state index contributed by atoms with van der Waals surface area (Å²) in [7, 11) is 0.